The van der Waals surface area contributed by atoms with Crippen molar-refractivity contribution < 1.29 is 13.2 Å². The molecule has 7 nitrogen and oxygen atoms in total. The normalized spacial score (nSPS) is 31.5. The SMILES string of the molecule is CC1CNCC1C(=O)N1CCCC(CNS(N)(=O)=O)C1. The zero-order chi connectivity index (χ0) is 14.8. The Labute approximate surface area is 120 Å². The predicted octanol–water partition coefficient (Wildman–Crippen LogP) is -1.13. The van der Waals surface area contributed by atoms with E-state index in [9.17, 15) is 13.2 Å². The molecule has 116 valence electrons. The predicted molar refractivity (Wildman–Crippen MR) is 75.9 cm³/mol. The van der Waals surface area contributed by atoms with Crippen LogP contribution in [0.4, 0.5) is 0 Å². The third kappa shape index (κ3) is 4.15. The molecule has 2 aliphatic heterocycles. The van der Waals surface area contributed by atoms with Crippen molar-refractivity contribution in [1.82, 2.24) is 14.9 Å². The average Bonchev–Trinajstić information content (AvgIpc) is 2.81. The summed E-state index contributed by atoms with van der Waals surface area (Å²) in [7, 11) is -3.65. The van der Waals surface area contributed by atoms with Crippen LogP contribution in [0.3, 0.4) is 0 Å². The van der Waals surface area contributed by atoms with Crippen LogP contribution >= 0.6 is 0 Å². The van der Waals surface area contributed by atoms with Crippen molar-refractivity contribution in [2.24, 2.45) is 22.9 Å². The molecule has 8 heteroatoms. The molecule has 0 aromatic heterocycles. The fraction of sp³-hybridized carbons (Fsp3) is 0.917. The summed E-state index contributed by atoms with van der Waals surface area (Å²) in [6.45, 7) is 5.42. The molecule has 2 saturated heterocycles. The van der Waals surface area contributed by atoms with Gasteiger partial charge in [0.05, 0.1) is 5.92 Å². The van der Waals surface area contributed by atoms with Crippen LogP contribution in [-0.2, 0) is 15.0 Å². The molecule has 2 heterocycles. The Bertz CT molecular complexity index is 454. The summed E-state index contributed by atoms with van der Waals surface area (Å²) in [5.41, 5.74) is 0. The first kappa shape index (κ1) is 15.7. The molecule has 1 amide bonds. The van der Waals surface area contributed by atoms with Gasteiger partial charge in [0.2, 0.25) is 5.91 Å². The first-order chi connectivity index (χ1) is 9.37. The van der Waals surface area contributed by atoms with Crippen molar-refractivity contribution in [1.29, 1.82) is 0 Å². The molecule has 0 spiro atoms. The van der Waals surface area contributed by atoms with Gasteiger partial charge in [0.25, 0.3) is 10.2 Å². The van der Waals surface area contributed by atoms with E-state index in [2.05, 4.69) is 17.0 Å². The van der Waals surface area contributed by atoms with Gasteiger partial charge in [0.15, 0.2) is 0 Å². The van der Waals surface area contributed by atoms with Crippen molar-refractivity contribution in [3.63, 3.8) is 0 Å². The molecule has 3 atom stereocenters. The number of likely N-dealkylation sites (tertiary alicyclic amines) is 1. The summed E-state index contributed by atoms with van der Waals surface area (Å²) >= 11 is 0. The highest BCUT2D eigenvalue weighted by Crippen LogP contribution is 2.23. The Morgan fingerprint density at radius 3 is 2.80 bits per heavy atom. The van der Waals surface area contributed by atoms with Gasteiger partial charge in [-0.25, -0.2) is 9.86 Å². The smallest absolute Gasteiger partial charge is 0.274 e. The minimum absolute atomic E-state index is 0.0555. The molecular weight excluding hydrogens is 280 g/mol. The van der Waals surface area contributed by atoms with Gasteiger partial charge in [-0.3, -0.25) is 4.79 Å². The number of piperidine rings is 1. The van der Waals surface area contributed by atoms with Gasteiger partial charge >= 0.3 is 0 Å². The van der Waals surface area contributed by atoms with E-state index < -0.39 is 10.2 Å². The molecule has 4 N–H and O–H groups in total. The number of carbonyl (C=O) groups excluding carboxylic acids is 1. The van der Waals surface area contributed by atoms with Crippen LogP contribution in [0.1, 0.15) is 19.8 Å². The van der Waals surface area contributed by atoms with Gasteiger partial charge < -0.3 is 10.2 Å². The minimum atomic E-state index is -3.65. The second-order valence-electron chi connectivity index (χ2n) is 5.93. The number of hydrogen-bond acceptors (Lipinski definition) is 4. The third-order valence-corrected chi connectivity index (χ3v) is 4.81. The highest BCUT2D eigenvalue weighted by atomic mass is 32.2. The van der Waals surface area contributed by atoms with Crippen LogP contribution in [0.2, 0.25) is 0 Å². The highest BCUT2D eigenvalue weighted by molar-refractivity contribution is 7.87. The molecular formula is C12H24N4O3S. The number of amides is 1. The van der Waals surface area contributed by atoms with Crippen molar-refractivity contribution in [3.8, 4) is 0 Å². The third-order valence-electron chi connectivity index (χ3n) is 4.24. The maximum Gasteiger partial charge on any atom is 0.274 e. The summed E-state index contributed by atoms with van der Waals surface area (Å²) in [6.07, 6.45) is 1.84. The Balaban J connectivity index is 1.88. The van der Waals surface area contributed by atoms with E-state index in [-0.39, 0.29) is 17.7 Å². The number of nitrogens with one attached hydrogen (secondary N) is 2. The van der Waals surface area contributed by atoms with E-state index in [0.717, 1.165) is 32.5 Å². The summed E-state index contributed by atoms with van der Waals surface area (Å²) in [5.74, 6) is 0.767. The Kier molecular flexibility index (Phi) is 5.00. The molecule has 0 bridgehead atoms. The summed E-state index contributed by atoms with van der Waals surface area (Å²) in [6, 6.07) is 0. The Morgan fingerprint density at radius 1 is 1.45 bits per heavy atom. The maximum absolute atomic E-state index is 12.5. The van der Waals surface area contributed by atoms with E-state index in [1.807, 2.05) is 4.90 Å². The monoisotopic (exact) mass is 304 g/mol. The molecule has 2 fully saturated rings. The van der Waals surface area contributed by atoms with Crippen molar-refractivity contribution in [3.05, 3.63) is 0 Å². The van der Waals surface area contributed by atoms with E-state index in [1.54, 1.807) is 0 Å². The largest absolute Gasteiger partial charge is 0.342 e. The van der Waals surface area contributed by atoms with Crippen LogP contribution in [0.5, 0.6) is 0 Å². The number of nitrogens with zero attached hydrogens (tertiary/aromatic N) is 1. The molecule has 3 unspecified atom stereocenters. The van der Waals surface area contributed by atoms with Crippen molar-refractivity contribution in [2.45, 2.75) is 19.8 Å². The van der Waals surface area contributed by atoms with Gasteiger partial charge in [-0.05, 0) is 31.2 Å². The summed E-state index contributed by atoms with van der Waals surface area (Å²) in [5, 5.41) is 8.18. The standard InChI is InChI=1S/C12H24N4O3S/c1-9-5-14-7-11(9)12(17)16-4-2-3-10(8-16)6-15-20(13,18)19/h9-11,14-15H,2-8H2,1H3,(H2,13,18,19). The first-order valence-electron chi connectivity index (χ1n) is 7.13. The molecule has 0 radical (unpaired) electrons. The van der Waals surface area contributed by atoms with Gasteiger partial charge in [-0.2, -0.15) is 8.42 Å². The van der Waals surface area contributed by atoms with Crippen LogP contribution < -0.4 is 15.2 Å². The second kappa shape index (κ2) is 6.38. The molecule has 2 rings (SSSR count). The van der Waals surface area contributed by atoms with E-state index >= 15 is 0 Å². The van der Waals surface area contributed by atoms with E-state index in [1.165, 1.54) is 0 Å². The van der Waals surface area contributed by atoms with Crippen LogP contribution in [0.15, 0.2) is 0 Å². The molecule has 20 heavy (non-hydrogen) atoms. The maximum atomic E-state index is 12.5. The highest BCUT2D eigenvalue weighted by Gasteiger charge is 2.34. The Morgan fingerprint density at radius 2 is 2.20 bits per heavy atom. The lowest BCUT2D eigenvalue weighted by atomic mass is 9.93. The topological polar surface area (TPSA) is 105 Å². The van der Waals surface area contributed by atoms with Gasteiger partial charge in [0, 0.05) is 26.2 Å². The quantitative estimate of drug-likeness (QED) is 0.611. The minimum Gasteiger partial charge on any atom is -0.342 e. The number of carbonyl (C=O) groups is 1. The lowest BCUT2D eigenvalue weighted by Crippen LogP contribution is -2.47. The van der Waals surface area contributed by atoms with Crippen LogP contribution in [0.25, 0.3) is 0 Å². The zero-order valence-corrected chi connectivity index (χ0v) is 12.7. The molecule has 0 aliphatic carbocycles. The summed E-state index contributed by atoms with van der Waals surface area (Å²) in [4.78, 5) is 14.4. The van der Waals surface area contributed by atoms with Gasteiger partial charge in [-0.1, -0.05) is 6.92 Å². The lowest BCUT2D eigenvalue weighted by molar-refractivity contribution is -0.137. The molecule has 0 saturated carbocycles. The molecule has 0 aromatic rings. The van der Waals surface area contributed by atoms with Crippen LogP contribution in [-0.4, -0.2) is 51.9 Å². The van der Waals surface area contributed by atoms with Gasteiger partial charge in [-0.15, -0.1) is 0 Å². The number of hydrogen-bond donors (Lipinski definition) is 3. The molecule has 0 aromatic carbocycles. The summed E-state index contributed by atoms with van der Waals surface area (Å²) < 4.78 is 24.2. The van der Waals surface area contributed by atoms with E-state index in [4.69, 9.17) is 5.14 Å². The Hall–Kier alpha value is -0.700. The van der Waals surface area contributed by atoms with Crippen molar-refractivity contribution in [2.75, 3.05) is 32.7 Å². The second-order valence-corrected chi connectivity index (χ2v) is 7.31. The molecule has 2 aliphatic rings. The van der Waals surface area contributed by atoms with E-state index in [0.29, 0.717) is 19.0 Å². The van der Waals surface area contributed by atoms with Crippen molar-refractivity contribution >= 4 is 16.1 Å². The average molecular weight is 304 g/mol. The number of rotatable bonds is 4. The zero-order valence-electron chi connectivity index (χ0n) is 11.8. The lowest BCUT2D eigenvalue weighted by Gasteiger charge is -2.35. The fourth-order valence-electron chi connectivity index (χ4n) is 3.04. The first-order valence-corrected chi connectivity index (χ1v) is 8.68. The van der Waals surface area contributed by atoms with Crippen LogP contribution in [0, 0.1) is 17.8 Å². The van der Waals surface area contributed by atoms with Gasteiger partial charge in [0.1, 0.15) is 0 Å². The number of nitrogens with two attached hydrogens (primary N) is 1. The fourth-order valence-corrected chi connectivity index (χ4v) is 3.51.